The molecule has 22 heavy (non-hydrogen) atoms. The number of fused-ring (bicyclic) bond motifs is 2. The van der Waals surface area contributed by atoms with Crippen LogP contribution in [0.3, 0.4) is 0 Å². The van der Waals surface area contributed by atoms with Gasteiger partial charge < -0.3 is 15.8 Å². The van der Waals surface area contributed by atoms with Crippen LogP contribution in [0, 0.1) is 5.92 Å². The molecule has 3 N–H and O–H groups in total. The second kappa shape index (κ2) is 5.41. The average Bonchev–Trinajstić information content (AvgIpc) is 3.24. The third-order valence-electron chi connectivity index (χ3n) is 4.76. The van der Waals surface area contributed by atoms with Gasteiger partial charge in [-0.15, -0.1) is 11.3 Å². The van der Waals surface area contributed by atoms with Crippen molar-refractivity contribution in [1.82, 2.24) is 5.32 Å². The zero-order valence-corrected chi connectivity index (χ0v) is 12.9. The summed E-state index contributed by atoms with van der Waals surface area (Å²) in [5.41, 5.74) is 7.26. The van der Waals surface area contributed by atoms with Crippen LogP contribution in [-0.4, -0.2) is 18.5 Å². The molecule has 1 saturated carbocycles. The fourth-order valence-electron chi connectivity index (χ4n) is 3.79. The fraction of sp³-hybridized carbons (Fsp3) is 0.353. The van der Waals surface area contributed by atoms with Gasteiger partial charge in [-0.3, -0.25) is 4.79 Å². The maximum atomic E-state index is 11.8. The molecule has 2 fully saturated rings. The van der Waals surface area contributed by atoms with E-state index in [9.17, 15) is 4.79 Å². The van der Waals surface area contributed by atoms with E-state index in [0.717, 1.165) is 29.3 Å². The number of piperidine rings is 1. The SMILES string of the molecule is NC(=O)c1ccc(Oc2cccs2)cc1C1CC2CC1CN2. The van der Waals surface area contributed by atoms with Gasteiger partial charge in [-0.2, -0.15) is 0 Å². The minimum atomic E-state index is -0.353. The summed E-state index contributed by atoms with van der Waals surface area (Å²) >= 11 is 1.55. The minimum absolute atomic E-state index is 0.353. The fourth-order valence-corrected chi connectivity index (χ4v) is 4.38. The van der Waals surface area contributed by atoms with Crippen LogP contribution in [-0.2, 0) is 0 Å². The van der Waals surface area contributed by atoms with E-state index in [4.69, 9.17) is 10.5 Å². The van der Waals surface area contributed by atoms with Crippen molar-refractivity contribution in [2.45, 2.75) is 24.8 Å². The molecule has 5 heteroatoms. The number of amides is 1. The largest absolute Gasteiger partial charge is 0.447 e. The van der Waals surface area contributed by atoms with Crippen molar-refractivity contribution in [3.05, 3.63) is 46.8 Å². The van der Waals surface area contributed by atoms with Gasteiger partial charge in [0.05, 0.1) is 0 Å². The Hall–Kier alpha value is -1.85. The first-order valence-corrected chi connectivity index (χ1v) is 8.47. The predicted octanol–water partition coefficient (Wildman–Crippen LogP) is 3.10. The van der Waals surface area contributed by atoms with Crippen molar-refractivity contribution < 1.29 is 9.53 Å². The van der Waals surface area contributed by atoms with Gasteiger partial charge in [0.2, 0.25) is 5.91 Å². The third kappa shape index (κ3) is 2.40. The molecule has 114 valence electrons. The van der Waals surface area contributed by atoms with Crippen molar-refractivity contribution in [1.29, 1.82) is 0 Å². The minimum Gasteiger partial charge on any atom is -0.447 e. The Morgan fingerprint density at radius 1 is 1.32 bits per heavy atom. The summed E-state index contributed by atoms with van der Waals surface area (Å²) in [5, 5.41) is 6.35. The van der Waals surface area contributed by atoms with Crippen molar-refractivity contribution in [2.24, 2.45) is 11.7 Å². The van der Waals surface area contributed by atoms with Crippen LogP contribution in [0.5, 0.6) is 10.8 Å². The van der Waals surface area contributed by atoms with Gasteiger partial charge in [-0.25, -0.2) is 0 Å². The number of hydrogen-bond acceptors (Lipinski definition) is 4. The first-order valence-electron chi connectivity index (χ1n) is 7.59. The first kappa shape index (κ1) is 13.8. The summed E-state index contributed by atoms with van der Waals surface area (Å²) in [6.07, 6.45) is 2.27. The number of hydrogen-bond donors (Lipinski definition) is 2. The standard InChI is InChI=1S/C17H18N2O2S/c18-17(20)13-4-3-12(21-16-2-1-5-22-16)8-15(13)14-7-11-6-10(14)9-19-11/h1-5,8,10-11,14,19H,6-7,9H2,(H2,18,20). The number of primary amides is 1. The van der Waals surface area contributed by atoms with E-state index in [0.29, 0.717) is 23.4 Å². The summed E-state index contributed by atoms with van der Waals surface area (Å²) in [4.78, 5) is 11.8. The lowest BCUT2D eigenvalue weighted by molar-refractivity contribution is 0.0998. The molecule has 0 spiro atoms. The number of nitrogens with two attached hydrogens (primary N) is 1. The van der Waals surface area contributed by atoms with Crippen LogP contribution >= 0.6 is 11.3 Å². The Morgan fingerprint density at radius 3 is 2.86 bits per heavy atom. The number of thiophene rings is 1. The molecule has 3 atom stereocenters. The van der Waals surface area contributed by atoms with Crippen LogP contribution in [0.1, 0.15) is 34.7 Å². The molecular weight excluding hydrogens is 296 g/mol. The lowest BCUT2D eigenvalue weighted by atomic mass is 9.85. The van der Waals surface area contributed by atoms with Gasteiger partial charge >= 0.3 is 0 Å². The molecule has 2 aromatic rings. The maximum Gasteiger partial charge on any atom is 0.248 e. The third-order valence-corrected chi connectivity index (χ3v) is 5.51. The highest BCUT2D eigenvalue weighted by atomic mass is 32.1. The Balaban J connectivity index is 1.69. The zero-order chi connectivity index (χ0) is 15.1. The lowest BCUT2D eigenvalue weighted by Crippen LogP contribution is -2.29. The van der Waals surface area contributed by atoms with E-state index >= 15 is 0 Å². The van der Waals surface area contributed by atoms with E-state index in [1.54, 1.807) is 17.4 Å². The quantitative estimate of drug-likeness (QED) is 0.911. The molecule has 2 bridgehead atoms. The number of benzene rings is 1. The summed E-state index contributed by atoms with van der Waals surface area (Å²) in [7, 11) is 0. The van der Waals surface area contributed by atoms with E-state index in [2.05, 4.69) is 5.32 Å². The predicted molar refractivity (Wildman–Crippen MR) is 86.6 cm³/mol. The molecule has 1 saturated heterocycles. The summed E-state index contributed by atoms with van der Waals surface area (Å²) < 4.78 is 5.88. The van der Waals surface area contributed by atoms with Crippen molar-refractivity contribution in [2.75, 3.05) is 6.54 Å². The highest BCUT2D eigenvalue weighted by Gasteiger charge is 2.41. The van der Waals surface area contributed by atoms with Gasteiger partial charge in [0, 0.05) is 11.6 Å². The van der Waals surface area contributed by atoms with Gasteiger partial charge in [-0.05, 0) is 72.5 Å². The van der Waals surface area contributed by atoms with Crippen molar-refractivity contribution in [3.63, 3.8) is 0 Å². The number of carbonyl (C=O) groups excluding carboxylic acids is 1. The van der Waals surface area contributed by atoms with E-state index in [1.165, 1.54) is 6.42 Å². The van der Waals surface area contributed by atoms with Gasteiger partial charge in [0.1, 0.15) is 5.75 Å². The molecule has 2 heterocycles. The van der Waals surface area contributed by atoms with Crippen LogP contribution < -0.4 is 15.8 Å². The van der Waals surface area contributed by atoms with Crippen molar-refractivity contribution >= 4 is 17.2 Å². The number of carbonyl (C=O) groups is 1. The lowest BCUT2D eigenvalue weighted by Gasteiger charge is -2.24. The van der Waals surface area contributed by atoms with Crippen LogP contribution in [0.15, 0.2) is 35.7 Å². The Kier molecular flexibility index (Phi) is 3.39. The molecule has 0 radical (unpaired) electrons. The summed E-state index contributed by atoms with van der Waals surface area (Å²) in [5.74, 6) is 1.42. The molecule has 1 aliphatic carbocycles. The van der Waals surface area contributed by atoms with Gasteiger partial charge in [0.15, 0.2) is 5.06 Å². The Morgan fingerprint density at radius 2 is 2.23 bits per heavy atom. The average molecular weight is 314 g/mol. The topological polar surface area (TPSA) is 64.4 Å². The molecule has 4 nitrogen and oxygen atoms in total. The second-order valence-electron chi connectivity index (χ2n) is 6.09. The van der Waals surface area contributed by atoms with Crippen molar-refractivity contribution in [3.8, 4) is 10.8 Å². The molecule has 1 aromatic carbocycles. The van der Waals surface area contributed by atoms with Crippen LogP contribution in [0.4, 0.5) is 0 Å². The summed E-state index contributed by atoms with van der Waals surface area (Å²) in [6.45, 7) is 1.03. The van der Waals surface area contributed by atoms with Crippen LogP contribution in [0.2, 0.25) is 0 Å². The highest BCUT2D eigenvalue weighted by Crippen LogP contribution is 2.45. The number of ether oxygens (including phenoxy) is 1. The monoisotopic (exact) mass is 314 g/mol. The van der Waals surface area contributed by atoms with Crippen LogP contribution in [0.25, 0.3) is 0 Å². The molecule has 1 aliphatic heterocycles. The second-order valence-corrected chi connectivity index (χ2v) is 7.00. The molecule has 1 aromatic heterocycles. The molecule has 3 unspecified atom stereocenters. The maximum absolute atomic E-state index is 11.8. The first-order chi connectivity index (χ1) is 10.7. The zero-order valence-electron chi connectivity index (χ0n) is 12.1. The Bertz CT molecular complexity index is 699. The normalized spacial score (nSPS) is 26.3. The highest BCUT2D eigenvalue weighted by molar-refractivity contribution is 7.11. The molecular formula is C17H18N2O2S. The smallest absolute Gasteiger partial charge is 0.248 e. The van der Waals surface area contributed by atoms with Gasteiger partial charge in [-0.1, -0.05) is 0 Å². The number of rotatable bonds is 4. The number of nitrogens with one attached hydrogen (secondary N) is 1. The van der Waals surface area contributed by atoms with E-state index < -0.39 is 0 Å². The van der Waals surface area contributed by atoms with E-state index in [1.807, 2.05) is 29.6 Å². The van der Waals surface area contributed by atoms with Gasteiger partial charge in [0.25, 0.3) is 0 Å². The molecule has 4 rings (SSSR count). The molecule has 1 amide bonds. The van der Waals surface area contributed by atoms with E-state index in [-0.39, 0.29) is 5.91 Å². The molecule has 2 aliphatic rings. The Labute approximate surface area is 133 Å². The summed E-state index contributed by atoms with van der Waals surface area (Å²) in [6, 6.07) is 10.1.